The summed E-state index contributed by atoms with van der Waals surface area (Å²) in [5.41, 5.74) is 6.93. The standard InChI is InChI=1S/C19H30N4O3/c1-25-16-9-8-14(12-17(16)26-2)10-11-21-19(20)22-13-18(24)23-15-6-4-3-5-7-15/h8-9,12,15H,3-7,10-11,13H2,1-2H3,(H,23,24)(H3,20,21,22). The molecule has 144 valence electrons. The van der Waals surface area contributed by atoms with E-state index < -0.39 is 0 Å². The molecule has 0 aliphatic heterocycles. The van der Waals surface area contributed by atoms with Gasteiger partial charge in [0.25, 0.3) is 0 Å². The number of hydrogen-bond donors (Lipinski definition) is 3. The molecule has 4 N–H and O–H groups in total. The van der Waals surface area contributed by atoms with E-state index in [9.17, 15) is 4.79 Å². The Morgan fingerprint density at radius 3 is 2.62 bits per heavy atom. The first kappa shape index (κ1) is 19.9. The van der Waals surface area contributed by atoms with Crippen LogP contribution in [0.1, 0.15) is 37.7 Å². The first-order valence-corrected chi connectivity index (χ1v) is 9.16. The maximum atomic E-state index is 11.9. The number of aliphatic imine (C=N–C) groups is 1. The van der Waals surface area contributed by atoms with Gasteiger partial charge in [0.1, 0.15) is 6.54 Å². The molecular weight excluding hydrogens is 332 g/mol. The van der Waals surface area contributed by atoms with Crippen LogP contribution in [0.15, 0.2) is 23.2 Å². The molecule has 26 heavy (non-hydrogen) atoms. The minimum atomic E-state index is -0.0680. The Morgan fingerprint density at radius 2 is 1.92 bits per heavy atom. The van der Waals surface area contributed by atoms with Crippen LogP contribution in [0.3, 0.4) is 0 Å². The average Bonchev–Trinajstić information content (AvgIpc) is 2.67. The summed E-state index contributed by atoms with van der Waals surface area (Å²) in [5.74, 6) is 1.62. The van der Waals surface area contributed by atoms with Gasteiger partial charge in [-0.05, 0) is 37.0 Å². The second kappa shape index (κ2) is 10.5. The maximum absolute atomic E-state index is 11.9. The smallest absolute Gasteiger partial charge is 0.242 e. The highest BCUT2D eigenvalue weighted by Crippen LogP contribution is 2.27. The zero-order valence-electron chi connectivity index (χ0n) is 15.7. The molecule has 0 heterocycles. The van der Waals surface area contributed by atoms with E-state index in [1.807, 2.05) is 18.2 Å². The van der Waals surface area contributed by atoms with Gasteiger partial charge in [-0.25, -0.2) is 4.99 Å². The number of amides is 1. The number of benzene rings is 1. The molecule has 1 amide bonds. The molecule has 1 saturated carbocycles. The summed E-state index contributed by atoms with van der Waals surface area (Å²) in [4.78, 5) is 16.0. The summed E-state index contributed by atoms with van der Waals surface area (Å²) in [7, 11) is 3.23. The second-order valence-corrected chi connectivity index (χ2v) is 6.47. The molecule has 1 aliphatic carbocycles. The van der Waals surface area contributed by atoms with Crippen LogP contribution in [0, 0.1) is 0 Å². The summed E-state index contributed by atoms with van der Waals surface area (Å²) in [6, 6.07) is 6.09. The molecule has 0 aromatic heterocycles. The van der Waals surface area contributed by atoms with E-state index in [2.05, 4.69) is 15.6 Å². The Balaban J connectivity index is 1.71. The molecule has 0 unspecified atom stereocenters. The molecule has 0 bridgehead atoms. The van der Waals surface area contributed by atoms with E-state index in [0.29, 0.717) is 24.1 Å². The van der Waals surface area contributed by atoms with E-state index in [1.54, 1.807) is 14.2 Å². The van der Waals surface area contributed by atoms with Gasteiger partial charge in [0.2, 0.25) is 5.91 Å². The van der Waals surface area contributed by atoms with Crippen LogP contribution < -0.4 is 25.8 Å². The normalized spacial score (nSPS) is 15.4. The highest BCUT2D eigenvalue weighted by atomic mass is 16.5. The lowest BCUT2D eigenvalue weighted by Gasteiger charge is -2.22. The number of guanidine groups is 1. The summed E-state index contributed by atoms with van der Waals surface area (Å²) in [6.45, 7) is 0.681. The lowest BCUT2D eigenvalue weighted by Crippen LogP contribution is -2.39. The van der Waals surface area contributed by atoms with Crippen LogP contribution in [-0.2, 0) is 11.2 Å². The minimum Gasteiger partial charge on any atom is -0.493 e. The number of carbonyl (C=O) groups is 1. The van der Waals surface area contributed by atoms with Gasteiger partial charge < -0.3 is 25.8 Å². The predicted octanol–water partition coefficient (Wildman–Crippen LogP) is 1.60. The quantitative estimate of drug-likeness (QED) is 0.482. The number of nitrogens with one attached hydrogen (secondary N) is 2. The molecular formula is C19H30N4O3. The van der Waals surface area contributed by atoms with Gasteiger partial charge in [-0.2, -0.15) is 0 Å². The molecule has 0 radical (unpaired) electrons. The summed E-state index contributed by atoms with van der Waals surface area (Å²) < 4.78 is 10.5. The zero-order valence-corrected chi connectivity index (χ0v) is 15.7. The lowest BCUT2D eigenvalue weighted by atomic mass is 9.95. The first-order chi connectivity index (χ1) is 12.6. The van der Waals surface area contributed by atoms with Crippen molar-refractivity contribution in [1.82, 2.24) is 10.6 Å². The van der Waals surface area contributed by atoms with Crippen molar-refractivity contribution in [1.29, 1.82) is 0 Å². The van der Waals surface area contributed by atoms with Crippen LogP contribution in [0.4, 0.5) is 0 Å². The topological polar surface area (TPSA) is 98.0 Å². The third-order valence-corrected chi connectivity index (χ3v) is 4.53. The van der Waals surface area contributed by atoms with Crippen molar-refractivity contribution in [2.24, 2.45) is 10.7 Å². The van der Waals surface area contributed by atoms with Crippen molar-refractivity contribution in [3.8, 4) is 11.5 Å². The van der Waals surface area contributed by atoms with Crippen molar-refractivity contribution in [3.63, 3.8) is 0 Å². The van der Waals surface area contributed by atoms with E-state index in [1.165, 1.54) is 19.3 Å². The third-order valence-electron chi connectivity index (χ3n) is 4.53. The molecule has 7 nitrogen and oxygen atoms in total. The second-order valence-electron chi connectivity index (χ2n) is 6.47. The molecule has 0 spiro atoms. The highest BCUT2D eigenvalue weighted by Gasteiger charge is 2.15. The van der Waals surface area contributed by atoms with Gasteiger partial charge in [-0.1, -0.05) is 25.3 Å². The van der Waals surface area contributed by atoms with Crippen molar-refractivity contribution >= 4 is 11.9 Å². The van der Waals surface area contributed by atoms with Gasteiger partial charge in [-0.15, -0.1) is 0 Å². The first-order valence-electron chi connectivity index (χ1n) is 9.16. The van der Waals surface area contributed by atoms with Gasteiger partial charge in [0.15, 0.2) is 17.5 Å². The van der Waals surface area contributed by atoms with E-state index in [0.717, 1.165) is 24.8 Å². The molecule has 1 fully saturated rings. The summed E-state index contributed by atoms with van der Waals surface area (Å²) in [6.07, 6.45) is 6.53. The SMILES string of the molecule is COc1ccc(CCNC(N)=NCC(=O)NC2CCCCC2)cc1OC. The van der Waals surface area contributed by atoms with E-state index >= 15 is 0 Å². The fourth-order valence-corrected chi connectivity index (χ4v) is 3.10. The number of hydrogen-bond acceptors (Lipinski definition) is 4. The van der Waals surface area contributed by atoms with Gasteiger partial charge in [0.05, 0.1) is 14.2 Å². The molecule has 1 aromatic carbocycles. The van der Waals surface area contributed by atoms with E-state index in [4.69, 9.17) is 15.2 Å². The molecule has 1 aromatic rings. The number of nitrogens with two attached hydrogens (primary N) is 1. The zero-order chi connectivity index (χ0) is 18.8. The fourth-order valence-electron chi connectivity index (χ4n) is 3.10. The molecule has 0 saturated heterocycles. The van der Waals surface area contributed by atoms with Crippen molar-refractivity contribution in [3.05, 3.63) is 23.8 Å². The number of carbonyl (C=O) groups excluding carboxylic acids is 1. The molecule has 0 atom stereocenters. The Bertz CT molecular complexity index is 613. The molecule has 7 heteroatoms. The fraction of sp³-hybridized carbons (Fsp3) is 0.579. The highest BCUT2D eigenvalue weighted by molar-refractivity contribution is 5.84. The Hall–Kier alpha value is -2.44. The van der Waals surface area contributed by atoms with Gasteiger partial charge >= 0.3 is 0 Å². The Morgan fingerprint density at radius 1 is 1.19 bits per heavy atom. The lowest BCUT2D eigenvalue weighted by molar-refractivity contribution is -0.120. The molecule has 1 aliphatic rings. The Kier molecular flexibility index (Phi) is 8.05. The Labute approximate surface area is 155 Å². The van der Waals surface area contributed by atoms with Crippen LogP contribution in [0.2, 0.25) is 0 Å². The van der Waals surface area contributed by atoms with Crippen LogP contribution in [0.25, 0.3) is 0 Å². The van der Waals surface area contributed by atoms with Crippen LogP contribution in [-0.4, -0.2) is 45.2 Å². The van der Waals surface area contributed by atoms with Crippen LogP contribution >= 0.6 is 0 Å². The van der Waals surface area contributed by atoms with Crippen molar-refractivity contribution in [2.45, 2.75) is 44.6 Å². The maximum Gasteiger partial charge on any atom is 0.242 e. The number of ether oxygens (including phenoxy) is 2. The predicted molar refractivity (Wildman–Crippen MR) is 103 cm³/mol. The molecule has 2 rings (SSSR count). The van der Waals surface area contributed by atoms with Crippen LogP contribution in [0.5, 0.6) is 11.5 Å². The largest absolute Gasteiger partial charge is 0.493 e. The number of rotatable bonds is 8. The summed E-state index contributed by atoms with van der Waals surface area (Å²) >= 11 is 0. The summed E-state index contributed by atoms with van der Waals surface area (Å²) in [5, 5.41) is 6.06. The van der Waals surface area contributed by atoms with Crippen molar-refractivity contribution in [2.75, 3.05) is 27.3 Å². The average molecular weight is 362 g/mol. The number of nitrogens with zero attached hydrogens (tertiary/aromatic N) is 1. The van der Waals surface area contributed by atoms with Gasteiger partial charge in [0, 0.05) is 12.6 Å². The third kappa shape index (κ3) is 6.46. The monoisotopic (exact) mass is 362 g/mol. The van der Waals surface area contributed by atoms with Gasteiger partial charge in [-0.3, -0.25) is 4.79 Å². The number of methoxy groups -OCH3 is 2. The van der Waals surface area contributed by atoms with Crippen molar-refractivity contribution < 1.29 is 14.3 Å². The minimum absolute atomic E-state index is 0.0612. The van der Waals surface area contributed by atoms with E-state index in [-0.39, 0.29) is 18.4 Å².